The van der Waals surface area contributed by atoms with Gasteiger partial charge in [0.2, 0.25) is 10.0 Å². The highest BCUT2D eigenvalue weighted by molar-refractivity contribution is 7.90. The fraction of sp³-hybridized carbons (Fsp3) is 0.400. The molecule has 0 aliphatic carbocycles. The van der Waals surface area contributed by atoms with Gasteiger partial charge in [-0.3, -0.25) is 4.98 Å². The quantitative estimate of drug-likeness (QED) is 0.482. The van der Waals surface area contributed by atoms with Gasteiger partial charge in [-0.2, -0.15) is 12.3 Å². The molecule has 3 rings (SSSR count). The van der Waals surface area contributed by atoms with Crippen molar-refractivity contribution in [1.82, 2.24) is 13.6 Å². The predicted molar refractivity (Wildman–Crippen MR) is 117 cm³/mol. The number of para-hydroxylation sites is 1. The van der Waals surface area contributed by atoms with Crippen LogP contribution in [-0.4, -0.2) is 59.5 Å². The molecule has 1 saturated heterocycles. The Hall–Kier alpha value is -2.34. The molecule has 2 aromatic rings. The van der Waals surface area contributed by atoms with Gasteiger partial charge in [0.1, 0.15) is 5.69 Å². The number of hydrogen-bond donors (Lipinski definition) is 1. The van der Waals surface area contributed by atoms with Gasteiger partial charge >= 0.3 is 5.97 Å². The number of hydrogen-bond acceptors (Lipinski definition) is 7. The molecule has 0 unspecified atom stereocenters. The fourth-order valence-corrected chi connectivity index (χ4v) is 6.61. The van der Waals surface area contributed by atoms with E-state index in [0.29, 0.717) is 11.4 Å². The van der Waals surface area contributed by atoms with Crippen LogP contribution in [0.4, 0.5) is 5.69 Å². The van der Waals surface area contributed by atoms with E-state index in [1.807, 2.05) is 6.07 Å². The van der Waals surface area contributed by atoms with Gasteiger partial charge in [0.15, 0.2) is 0 Å². The Bertz CT molecular complexity index is 1130. The van der Waals surface area contributed by atoms with Crippen molar-refractivity contribution in [2.24, 2.45) is 0 Å². The molecule has 9 nitrogen and oxygen atoms in total. The lowest BCUT2D eigenvalue weighted by molar-refractivity contribution is 0.0600. The number of aromatic nitrogens is 1. The molecule has 0 atom stereocenters. The van der Waals surface area contributed by atoms with E-state index < -0.39 is 31.3 Å². The highest BCUT2D eigenvalue weighted by atomic mass is 32.2. The minimum atomic E-state index is -3.68. The number of benzene rings is 1. The third-order valence-electron chi connectivity index (χ3n) is 5.63. The number of nitrogens with zero attached hydrogens (tertiary/aromatic N) is 2. The molecular weight excluding hydrogens is 442 g/mol. The number of piperidine rings is 1. The number of quaternary nitrogens is 1. The molecule has 1 aromatic heterocycles. The predicted octanol–water partition coefficient (Wildman–Crippen LogP) is 1.42. The van der Waals surface area contributed by atoms with E-state index in [9.17, 15) is 21.6 Å². The summed E-state index contributed by atoms with van der Waals surface area (Å²) in [6.07, 6.45) is 2.95. The van der Waals surface area contributed by atoms with E-state index in [4.69, 9.17) is 0 Å². The second kappa shape index (κ2) is 9.03. The molecule has 1 aliphatic rings. The van der Waals surface area contributed by atoms with E-state index in [2.05, 4.69) is 14.4 Å². The molecule has 1 fully saturated rings. The zero-order chi connectivity index (χ0) is 22.7. The van der Waals surface area contributed by atoms with Crippen molar-refractivity contribution in [2.45, 2.75) is 24.6 Å². The molecule has 1 aromatic carbocycles. The first-order chi connectivity index (χ1) is 14.6. The monoisotopic (exact) mass is 468 g/mol. The number of carbonyl (C=O) groups excluding carboxylic acids is 1. The summed E-state index contributed by atoms with van der Waals surface area (Å²) in [5, 5.41) is -0.696. The minimum Gasteiger partial charge on any atom is -0.465 e. The van der Waals surface area contributed by atoms with Crippen LogP contribution < -0.4 is 8.61 Å². The number of carbonyl (C=O) groups is 1. The molecule has 11 heteroatoms. The summed E-state index contributed by atoms with van der Waals surface area (Å²) in [4.78, 5) is 15.5. The second-order valence-corrected chi connectivity index (χ2v) is 11.7. The average molecular weight is 469 g/mol. The van der Waals surface area contributed by atoms with Gasteiger partial charge in [0.25, 0.3) is 10.0 Å². The molecule has 1 aliphatic heterocycles. The molecule has 31 heavy (non-hydrogen) atoms. The second-order valence-electron chi connectivity index (χ2n) is 7.50. The Morgan fingerprint density at radius 2 is 1.74 bits per heavy atom. The molecule has 0 amide bonds. The molecule has 1 N–H and O–H groups in total. The highest BCUT2D eigenvalue weighted by Gasteiger charge is 2.46. The molecule has 0 bridgehead atoms. The van der Waals surface area contributed by atoms with Crippen LogP contribution in [0.15, 0.2) is 48.7 Å². The van der Waals surface area contributed by atoms with E-state index in [0.717, 1.165) is 0 Å². The van der Waals surface area contributed by atoms with Crippen molar-refractivity contribution < 1.29 is 26.4 Å². The minimum absolute atomic E-state index is 0.0228. The number of ether oxygens (including phenoxy) is 1. The molecule has 2 heterocycles. The van der Waals surface area contributed by atoms with Gasteiger partial charge in [0.05, 0.1) is 49.5 Å². The largest absolute Gasteiger partial charge is 0.465 e. The first kappa shape index (κ1) is 23.3. The maximum absolute atomic E-state index is 12.8. The standard InChI is InChI=1S/C20H26N3O6S2/c1-29-20(24)16-8-9-17(21-14-16)15-22-31(27,28)19-10-12-23(13-11-19,30(2,25)26)18-6-4-3-5-7-18/h3-9,14,19,22H,10-13,15H2,1-2H3/q+1. The Kier molecular flexibility index (Phi) is 6.79. The number of rotatable bonds is 7. The third-order valence-corrected chi connectivity index (χ3v) is 9.37. The van der Waals surface area contributed by atoms with Crippen molar-refractivity contribution in [2.75, 3.05) is 26.5 Å². The average Bonchev–Trinajstić information content (AvgIpc) is 2.77. The van der Waals surface area contributed by atoms with E-state index in [1.165, 1.54) is 25.6 Å². The van der Waals surface area contributed by atoms with Crippen LogP contribution >= 0.6 is 0 Å². The lowest BCUT2D eigenvalue weighted by atomic mass is 10.1. The topological polar surface area (TPSA) is 119 Å². The zero-order valence-electron chi connectivity index (χ0n) is 17.4. The third kappa shape index (κ3) is 4.95. The van der Waals surface area contributed by atoms with Crippen molar-refractivity contribution in [3.63, 3.8) is 0 Å². The van der Waals surface area contributed by atoms with Crippen LogP contribution in [0, 0.1) is 0 Å². The first-order valence-electron chi connectivity index (χ1n) is 9.74. The maximum atomic E-state index is 12.8. The van der Waals surface area contributed by atoms with Gasteiger partial charge < -0.3 is 4.74 Å². The molecule has 0 spiro atoms. The molecular formula is C20H26N3O6S2+. The Balaban J connectivity index is 1.68. The number of esters is 1. The lowest BCUT2D eigenvalue weighted by Gasteiger charge is -2.40. The fourth-order valence-electron chi connectivity index (χ4n) is 3.81. The maximum Gasteiger partial charge on any atom is 0.339 e. The smallest absolute Gasteiger partial charge is 0.339 e. The summed E-state index contributed by atoms with van der Waals surface area (Å²) in [5.74, 6) is -0.521. The molecule has 0 saturated carbocycles. The SMILES string of the molecule is COC(=O)c1ccc(CNS(=O)(=O)C2CC[N+](c3ccccc3)(S(C)(=O)=O)CC2)nc1. The van der Waals surface area contributed by atoms with Crippen LogP contribution in [0.3, 0.4) is 0 Å². The van der Waals surface area contributed by atoms with Crippen LogP contribution in [0.25, 0.3) is 0 Å². The van der Waals surface area contributed by atoms with Crippen molar-refractivity contribution in [1.29, 1.82) is 0 Å². The Labute approximate surface area is 182 Å². The van der Waals surface area contributed by atoms with Crippen molar-refractivity contribution >= 4 is 31.7 Å². The van der Waals surface area contributed by atoms with Crippen molar-refractivity contribution in [3.05, 3.63) is 59.9 Å². The number of methoxy groups -OCH3 is 1. The highest BCUT2D eigenvalue weighted by Crippen LogP contribution is 2.33. The summed E-state index contributed by atoms with van der Waals surface area (Å²) >= 11 is 0. The lowest BCUT2D eigenvalue weighted by Crippen LogP contribution is -2.59. The summed E-state index contributed by atoms with van der Waals surface area (Å²) in [5.41, 5.74) is 1.37. The number of pyridine rings is 1. The summed E-state index contributed by atoms with van der Waals surface area (Å²) in [6, 6.07) is 12.0. The van der Waals surface area contributed by atoms with Gasteiger partial charge in [-0.05, 0) is 12.1 Å². The normalized spacial score (nSPS) is 22.1. The summed E-state index contributed by atoms with van der Waals surface area (Å²) in [6.45, 7) is 0.339. The van der Waals surface area contributed by atoms with E-state index >= 15 is 0 Å². The van der Waals surface area contributed by atoms with E-state index in [-0.39, 0.29) is 41.9 Å². The van der Waals surface area contributed by atoms with Gasteiger partial charge in [-0.1, -0.05) is 18.2 Å². The molecule has 0 radical (unpaired) electrons. The Morgan fingerprint density at radius 3 is 2.26 bits per heavy atom. The number of sulfonamides is 2. The van der Waals surface area contributed by atoms with E-state index in [1.54, 1.807) is 30.3 Å². The van der Waals surface area contributed by atoms with Crippen LogP contribution in [-0.2, 0) is 31.3 Å². The summed E-state index contributed by atoms with van der Waals surface area (Å²) < 4.78 is 57.8. The van der Waals surface area contributed by atoms with Gasteiger partial charge in [0, 0.05) is 31.2 Å². The van der Waals surface area contributed by atoms with Crippen LogP contribution in [0.1, 0.15) is 28.9 Å². The van der Waals surface area contributed by atoms with Crippen LogP contribution in [0.5, 0.6) is 0 Å². The summed E-state index contributed by atoms with van der Waals surface area (Å²) in [7, 11) is -5.91. The van der Waals surface area contributed by atoms with Crippen LogP contribution in [0.2, 0.25) is 0 Å². The van der Waals surface area contributed by atoms with Gasteiger partial charge in [-0.25, -0.2) is 17.9 Å². The zero-order valence-corrected chi connectivity index (χ0v) is 19.0. The Morgan fingerprint density at radius 1 is 1.10 bits per heavy atom. The van der Waals surface area contributed by atoms with Gasteiger partial charge in [-0.15, -0.1) is 0 Å². The van der Waals surface area contributed by atoms with Crippen molar-refractivity contribution in [3.8, 4) is 0 Å². The first-order valence-corrected chi connectivity index (χ1v) is 13.1. The number of nitrogens with one attached hydrogen (secondary N) is 1. The molecule has 168 valence electrons.